The molecule has 3 aromatic carbocycles. The molecule has 35 heavy (non-hydrogen) atoms. The first-order valence-corrected chi connectivity index (χ1v) is 12.0. The highest BCUT2D eigenvalue weighted by molar-refractivity contribution is 6.23. The minimum atomic E-state index is -1.81. The van der Waals surface area contributed by atoms with Gasteiger partial charge in [0.15, 0.2) is 0 Å². The molecule has 2 atom stereocenters. The van der Waals surface area contributed by atoms with Gasteiger partial charge in [-0.15, -0.1) is 0 Å². The number of hydrogen-bond donors (Lipinski definition) is 0. The Hall–Kier alpha value is -4.00. The monoisotopic (exact) mass is 468 g/mol. The van der Waals surface area contributed by atoms with Crippen molar-refractivity contribution in [3.63, 3.8) is 0 Å². The summed E-state index contributed by atoms with van der Waals surface area (Å²) < 4.78 is 5.71. The van der Waals surface area contributed by atoms with E-state index in [9.17, 15) is 19.7 Å². The summed E-state index contributed by atoms with van der Waals surface area (Å²) in [7, 11) is 0. The van der Waals surface area contributed by atoms with Crippen LogP contribution in [0.1, 0.15) is 47.9 Å². The van der Waals surface area contributed by atoms with Crippen molar-refractivity contribution in [2.75, 3.05) is 11.5 Å². The number of carbonyl (C=O) groups is 2. The molecule has 0 aromatic heterocycles. The molecule has 0 N–H and O–H groups in total. The van der Waals surface area contributed by atoms with Crippen LogP contribution in [0.3, 0.4) is 0 Å². The van der Waals surface area contributed by atoms with Gasteiger partial charge in [-0.1, -0.05) is 61.9 Å². The fourth-order valence-electron chi connectivity index (χ4n) is 6.32. The van der Waals surface area contributed by atoms with Crippen molar-refractivity contribution in [3.05, 3.63) is 105 Å². The molecule has 176 valence electrons. The molecule has 0 spiro atoms. The summed E-state index contributed by atoms with van der Waals surface area (Å²) in [6.07, 6.45) is 1.95. The molecular weight excluding hydrogens is 444 g/mol. The number of hydrogen-bond acceptors (Lipinski definition) is 5. The number of nitrogens with zero attached hydrogens (tertiary/aromatic N) is 2. The van der Waals surface area contributed by atoms with E-state index < -0.39 is 29.2 Å². The van der Waals surface area contributed by atoms with Gasteiger partial charge >= 0.3 is 0 Å². The molecule has 7 nitrogen and oxygen atoms in total. The van der Waals surface area contributed by atoms with Crippen LogP contribution < -0.4 is 9.64 Å². The van der Waals surface area contributed by atoms with Crippen molar-refractivity contribution in [3.8, 4) is 5.75 Å². The second kappa shape index (κ2) is 7.77. The van der Waals surface area contributed by atoms with Crippen molar-refractivity contribution in [2.45, 2.75) is 31.2 Å². The van der Waals surface area contributed by atoms with E-state index in [1.807, 2.05) is 24.3 Å². The third-order valence-corrected chi connectivity index (χ3v) is 7.72. The second-order valence-electron chi connectivity index (χ2n) is 9.39. The zero-order valence-electron chi connectivity index (χ0n) is 19.2. The van der Waals surface area contributed by atoms with Gasteiger partial charge in [-0.3, -0.25) is 19.7 Å². The molecule has 2 amide bonds. The van der Waals surface area contributed by atoms with Crippen LogP contribution in [0.2, 0.25) is 0 Å². The number of ether oxygens (including phenoxy) is 1. The Balaban J connectivity index is 1.49. The Morgan fingerprint density at radius 1 is 0.914 bits per heavy atom. The summed E-state index contributed by atoms with van der Waals surface area (Å²) >= 11 is 0. The predicted octanol–water partition coefficient (Wildman–Crippen LogP) is 4.65. The summed E-state index contributed by atoms with van der Waals surface area (Å²) in [4.78, 5) is 41.6. The number of carbonyl (C=O) groups excluding carboxylic acids is 2. The molecule has 7 rings (SSSR count). The summed E-state index contributed by atoms with van der Waals surface area (Å²) in [5.74, 6) is -2.61. The Kier molecular flexibility index (Phi) is 4.78. The Morgan fingerprint density at radius 2 is 1.51 bits per heavy atom. The van der Waals surface area contributed by atoms with Crippen molar-refractivity contribution >= 4 is 17.5 Å². The molecule has 1 heterocycles. The van der Waals surface area contributed by atoms with Gasteiger partial charge in [0.1, 0.15) is 11.7 Å². The highest BCUT2D eigenvalue weighted by atomic mass is 16.6. The van der Waals surface area contributed by atoms with Crippen LogP contribution in [0.5, 0.6) is 5.75 Å². The number of rotatable bonds is 6. The summed E-state index contributed by atoms with van der Waals surface area (Å²) in [5.41, 5.74) is 1.13. The average Bonchev–Trinajstić information content (AvgIpc) is 3.15. The average molecular weight is 469 g/mol. The first-order chi connectivity index (χ1) is 17.0. The molecule has 0 saturated carbocycles. The Labute approximate surface area is 202 Å². The van der Waals surface area contributed by atoms with Gasteiger partial charge in [0.25, 0.3) is 5.54 Å². The largest absolute Gasteiger partial charge is 0.494 e. The lowest BCUT2D eigenvalue weighted by molar-refractivity contribution is -0.578. The van der Waals surface area contributed by atoms with E-state index in [0.29, 0.717) is 29.2 Å². The Bertz CT molecular complexity index is 1320. The van der Waals surface area contributed by atoms with E-state index in [4.69, 9.17) is 4.74 Å². The zero-order valence-corrected chi connectivity index (χ0v) is 19.2. The van der Waals surface area contributed by atoms with Gasteiger partial charge in [0, 0.05) is 22.0 Å². The first kappa shape index (κ1) is 21.5. The van der Waals surface area contributed by atoms with Crippen molar-refractivity contribution < 1.29 is 19.2 Å². The van der Waals surface area contributed by atoms with Crippen molar-refractivity contribution in [2.24, 2.45) is 11.8 Å². The summed E-state index contributed by atoms with van der Waals surface area (Å²) in [5, 5.41) is 13.0. The lowest BCUT2D eigenvalue weighted by atomic mass is 9.51. The SMILES string of the molecule is CCCCOc1ccc(N2C(=O)[C@@H]3C4c5ccccc5C([N+](=O)[O-])(c5ccccc54)[C@@H]3C2=O)cc1. The molecule has 4 aliphatic rings. The first-order valence-electron chi connectivity index (χ1n) is 12.0. The van der Waals surface area contributed by atoms with E-state index in [-0.39, 0.29) is 10.8 Å². The van der Waals surface area contributed by atoms with Gasteiger partial charge in [-0.05, 0) is 41.8 Å². The number of amides is 2. The van der Waals surface area contributed by atoms with Gasteiger partial charge in [-0.2, -0.15) is 0 Å². The predicted molar refractivity (Wildman–Crippen MR) is 129 cm³/mol. The standard InChI is InChI=1S/C28H24N2O5/c1-2-3-16-35-18-14-12-17(13-15-18)29-26(31)24-23-19-8-4-6-10-21(19)28(30(33)34,25(24)27(29)32)22-11-7-5-9-20(22)23/h4-15,23-25H,2-3,16H2,1H3/t23?,24-,25+,28?/m1/s1. The molecule has 1 aliphatic heterocycles. The van der Waals surface area contributed by atoms with Gasteiger partial charge in [0.2, 0.25) is 11.8 Å². The number of benzene rings is 3. The van der Waals surface area contributed by atoms with Crippen LogP contribution in [0.15, 0.2) is 72.8 Å². The molecular formula is C28H24N2O5. The van der Waals surface area contributed by atoms with Crippen molar-refractivity contribution in [1.82, 2.24) is 0 Å². The van der Waals surface area contributed by atoms with Crippen LogP contribution in [0.4, 0.5) is 5.69 Å². The smallest absolute Gasteiger partial charge is 0.285 e. The maximum Gasteiger partial charge on any atom is 0.285 e. The van der Waals surface area contributed by atoms with Crippen LogP contribution in [-0.2, 0) is 15.1 Å². The van der Waals surface area contributed by atoms with Crippen LogP contribution >= 0.6 is 0 Å². The maximum absolute atomic E-state index is 13.9. The minimum Gasteiger partial charge on any atom is -0.494 e. The van der Waals surface area contributed by atoms with E-state index >= 15 is 0 Å². The maximum atomic E-state index is 13.9. The summed E-state index contributed by atoms with van der Waals surface area (Å²) in [6.45, 7) is 2.67. The van der Waals surface area contributed by atoms with E-state index in [2.05, 4.69) is 6.92 Å². The lowest BCUT2D eigenvalue weighted by Crippen LogP contribution is -2.57. The summed E-state index contributed by atoms with van der Waals surface area (Å²) in [6, 6.07) is 21.2. The van der Waals surface area contributed by atoms with E-state index in [1.54, 1.807) is 48.5 Å². The Morgan fingerprint density at radius 3 is 2.09 bits per heavy atom. The van der Waals surface area contributed by atoms with Gasteiger partial charge in [-0.25, -0.2) is 4.90 Å². The number of nitro groups is 1. The van der Waals surface area contributed by atoms with Gasteiger partial charge in [0.05, 0.1) is 18.2 Å². The third kappa shape index (κ3) is 2.72. The molecule has 7 heteroatoms. The number of anilines is 1. The molecule has 2 bridgehead atoms. The van der Waals surface area contributed by atoms with E-state index in [0.717, 1.165) is 28.9 Å². The number of unbranched alkanes of at least 4 members (excludes halogenated alkanes) is 1. The second-order valence-corrected chi connectivity index (χ2v) is 9.39. The number of imide groups is 1. The molecule has 3 aliphatic carbocycles. The highest BCUT2D eigenvalue weighted by Gasteiger charge is 2.74. The molecule has 0 radical (unpaired) electrons. The molecule has 1 fully saturated rings. The van der Waals surface area contributed by atoms with Crippen molar-refractivity contribution in [1.29, 1.82) is 0 Å². The third-order valence-electron chi connectivity index (χ3n) is 7.72. The lowest BCUT2D eigenvalue weighted by Gasteiger charge is -2.48. The van der Waals surface area contributed by atoms with Gasteiger partial charge < -0.3 is 4.74 Å². The van der Waals surface area contributed by atoms with E-state index in [1.165, 1.54) is 0 Å². The minimum absolute atomic E-state index is 0.350. The topological polar surface area (TPSA) is 89.8 Å². The zero-order chi connectivity index (χ0) is 24.3. The van der Waals surface area contributed by atoms with Crippen LogP contribution in [-0.4, -0.2) is 23.3 Å². The fourth-order valence-corrected chi connectivity index (χ4v) is 6.32. The fraction of sp³-hybridized carbons (Fsp3) is 0.286. The molecule has 1 saturated heterocycles. The van der Waals surface area contributed by atoms with Crippen LogP contribution in [0, 0.1) is 22.0 Å². The van der Waals surface area contributed by atoms with Crippen LogP contribution in [0.25, 0.3) is 0 Å². The molecule has 0 unspecified atom stereocenters. The normalized spacial score (nSPS) is 25.7. The highest BCUT2D eigenvalue weighted by Crippen LogP contribution is 2.64. The quantitative estimate of drug-likeness (QED) is 0.227. The molecule has 3 aromatic rings.